The Balaban J connectivity index is 2.09. The first-order valence-corrected chi connectivity index (χ1v) is 5.90. The van der Waals surface area contributed by atoms with E-state index < -0.39 is 0 Å². The van der Waals surface area contributed by atoms with E-state index in [1.54, 1.807) is 11.3 Å². The van der Waals surface area contributed by atoms with Crippen molar-refractivity contribution in [3.8, 4) is 0 Å². The average Bonchev–Trinajstić information content (AvgIpc) is 2.70. The summed E-state index contributed by atoms with van der Waals surface area (Å²) in [6.45, 7) is 4.21. The van der Waals surface area contributed by atoms with Gasteiger partial charge >= 0.3 is 0 Å². The van der Waals surface area contributed by atoms with E-state index in [1.165, 1.54) is 11.1 Å². The van der Waals surface area contributed by atoms with Gasteiger partial charge in [-0.2, -0.15) is 11.3 Å². The molecule has 0 fully saturated rings. The van der Waals surface area contributed by atoms with Gasteiger partial charge in [0, 0.05) is 18.4 Å². The Labute approximate surface area is 94.0 Å². The van der Waals surface area contributed by atoms with E-state index in [2.05, 4.69) is 40.1 Å². The smallest absolute Gasteiger partial charge is 0.0534 e. The highest BCUT2D eigenvalue weighted by atomic mass is 32.1. The first-order valence-electron chi connectivity index (χ1n) is 4.96. The zero-order valence-electron chi connectivity index (χ0n) is 8.90. The maximum atomic E-state index is 4.16. The molecule has 0 aliphatic heterocycles. The van der Waals surface area contributed by atoms with E-state index in [0.29, 0.717) is 6.04 Å². The Morgan fingerprint density at radius 2 is 2.27 bits per heavy atom. The fourth-order valence-corrected chi connectivity index (χ4v) is 2.24. The molecule has 0 aliphatic carbocycles. The molecule has 0 aliphatic rings. The van der Waals surface area contributed by atoms with Crippen molar-refractivity contribution >= 4 is 17.0 Å². The first kappa shape index (κ1) is 10.2. The fourth-order valence-electron chi connectivity index (χ4n) is 1.49. The molecule has 2 rings (SSSR count). The predicted molar refractivity (Wildman–Crippen MR) is 65.3 cm³/mol. The number of thiophene rings is 1. The molecule has 2 aromatic heterocycles. The lowest BCUT2D eigenvalue weighted by atomic mass is 10.2. The topological polar surface area (TPSA) is 24.9 Å². The third kappa shape index (κ3) is 2.57. The molecule has 2 nitrogen and oxygen atoms in total. The first-order chi connectivity index (χ1) is 7.25. The molecule has 0 radical (unpaired) electrons. The molecule has 0 bridgehead atoms. The van der Waals surface area contributed by atoms with Crippen LogP contribution < -0.4 is 5.32 Å². The number of hydrogen-bond donors (Lipinski definition) is 1. The molecule has 1 atom stereocenters. The summed E-state index contributed by atoms with van der Waals surface area (Å²) in [6, 6.07) is 4.58. The van der Waals surface area contributed by atoms with Crippen LogP contribution in [-0.2, 0) is 0 Å². The van der Waals surface area contributed by atoms with Crippen molar-refractivity contribution < 1.29 is 0 Å². The van der Waals surface area contributed by atoms with Crippen LogP contribution in [0.15, 0.2) is 35.3 Å². The number of aryl methyl sites for hydroxylation is 1. The van der Waals surface area contributed by atoms with Crippen LogP contribution in [-0.4, -0.2) is 4.98 Å². The predicted octanol–water partition coefficient (Wildman–Crippen LogP) is 3.62. The van der Waals surface area contributed by atoms with Gasteiger partial charge in [0.05, 0.1) is 5.69 Å². The van der Waals surface area contributed by atoms with E-state index in [1.807, 2.05) is 19.3 Å². The number of nitrogens with one attached hydrogen (secondary N) is 1. The van der Waals surface area contributed by atoms with Gasteiger partial charge in [-0.05, 0) is 47.9 Å². The quantitative estimate of drug-likeness (QED) is 0.851. The van der Waals surface area contributed by atoms with Gasteiger partial charge in [-0.25, -0.2) is 0 Å². The van der Waals surface area contributed by atoms with Crippen molar-refractivity contribution in [2.24, 2.45) is 0 Å². The minimum atomic E-state index is 0.333. The van der Waals surface area contributed by atoms with Crippen molar-refractivity contribution in [1.29, 1.82) is 0 Å². The van der Waals surface area contributed by atoms with E-state index in [4.69, 9.17) is 0 Å². The average molecular weight is 218 g/mol. The fraction of sp³-hybridized carbons (Fsp3) is 0.250. The summed E-state index contributed by atoms with van der Waals surface area (Å²) < 4.78 is 0. The third-order valence-corrected chi connectivity index (χ3v) is 3.00. The zero-order chi connectivity index (χ0) is 10.7. The van der Waals surface area contributed by atoms with Gasteiger partial charge in [-0.3, -0.25) is 4.98 Å². The van der Waals surface area contributed by atoms with Gasteiger partial charge in [0.2, 0.25) is 0 Å². The lowest BCUT2D eigenvalue weighted by Crippen LogP contribution is -2.05. The molecule has 1 unspecified atom stereocenters. The summed E-state index contributed by atoms with van der Waals surface area (Å²) in [6.07, 6.45) is 3.72. The Hall–Kier alpha value is -1.35. The van der Waals surface area contributed by atoms with Crippen LogP contribution in [0.2, 0.25) is 0 Å². The highest BCUT2D eigenvalue weighted by molar-refractivity contribution is 7.07. The molecule has 2 aromatic rings. The van der Waals surface area contributed by atoms with Crippen LogP contribution >= 0.6 is 11.3 Å². The summed E-state index contributed by atoms with van der Waals surface area (Å²) in [5, 5.41) is 7.70. The Bertz CT molecular complexity index is 423. The van der Waals surface area contributed by atoms with Crippen molar-refractivity contribution in [3.63, 3.8) is 0 Å². The molecule has 15 heavy (non-hydrogen) atoms. The minimum absolute atomic E-state index is 0.333. The molecular formula is C12H14N2S. The molecule has 1 N–H and O–H groups in total. The van der Waals surface area contributed by atoms with E-state index in [0.717, 1.165) is 5.69 Å². The highest BCUT2D eigenvalue weighted by Gasteiger charge is 2.05. The number of aromatic nitrogens is 1. The number of rotatable bonds is 3. The van der Waals surface area contributed by atoms with Crippen LogP contribution in [0.1, 0.15) is 24.1 Å². The number of pyridine rings is 1. The second kappa shape index (κ2) is 4.45. The summed E-state index contributed by atoms with van der Waals surface area (Å²) >= 11 is 1.73. The summed E-state index contributed by atoms with van der Waals surface area (Å²) in [5.41, 5.74) is 3.58. The van der Waals surface area contributed by atoms with Crippen LogP contribution in [0.25, 0.3) is 0 Å². The molecule has 3 heteroatoms. The molecule has 0 spiro atoms. The number of hydrogen-bond acceptors (Lipinski definition) is 3. The van der Waals surface area contributed by atoms with Crippen LogP contribution in [0.4, 0.5) is 5.69 Å². The lowest BCUT2D eigenvalue weighted by molar-refractivity contribution is 0.888. The molecule has 2 heterocycles. The van der Waals surface area contributed by atoms with Crippen molar-refractivity contribution in [2.75, 3.05) is 5.32 Å². The largest absolute Gasteiger partial charge is 0.377 e. The molecule has 0 amide bonds. The maximum absolute atomic E-state index is 4.16. The number of nitrogens with zero attached hydrogens (tertiary/aromatic N) is 1. The second-order valence-corrected chi connectivity index (χ2v) is 4.45. The molecule has 0 saturated carbocycles. The Morgan fingerprint density at radius 1 is 1.40 bits per heavy atom. The summed E-state index contributed by atoms with van der Waals surface area (Å²) in [4.78, 5) is 4.16. The standard InChI is InChI=1S/C12H14N2S/c1-9-5-12(7-13-6-9)14-10(2)11-3-4-15-8-11/h3-8,10,14H,1-2H3. The molecule has 0 saturated heterocycles. The van der Waals surface area contributed by atoms with E-state index in [9.17, 15) is 0 Å². The van der Waals surface area contributed by atoms with Gasteiger partial charge in [-0.1, -0.05) is 0 Å². The monoisotopic (exact) mass is 218 g/mol. The SMILES string of the molecule is Cc1cncc(NC(C)c2ccsc2)c1. The summed E-state index contributed by atoms with van der Waals surface area (Å²) in [5.74, 6) is 0. The van der Waals surface area contributed by atoms with E-state index >= 15 is 0 Å². The lowest BCUT2D eigenvalue weighted by Gasteiger charge is -2.13. The van der Waals surface area contributed by atoms with Crippen LogP contribution in [0, 0.1) is 6.92 Å². The number of anilines is 1. The van der Waals surface area contributed by atoms with Crippen molar-refractivity contribution in [3.05, 3.63) is 46.4 Å². The van der Waals surface area contributed by atoms with Crippen molar-refractivity contribution in [2.45, 2.75) is 19.9 Å². The van der Waals surface area contributed by atoms with Crippen LogP contribution in [0.5, 0.6) is 0 Å². The van der Waals surface area contributed by atoms with Crippen LogP contribution in [0.3, 0.4) is 0 Å². The third-order valence-electron chi connectivity index (χ3n) is 2.30. The summed E-state index contributed by atoms with van der Waals surface area (Å²) in [7, 11) is 0. The highest BCUT2D eigenvalue weighted by Crippen LogP contribution is 2.20. The van der Waals surface area contributed by atoms with Gasteiger partial charge in [0.25, 0.3) is 0 Å². The Morgan fingerprint density at radius 3 is 2.93 bits per heavy atom. The maximum Gasteiger partial charge on any atom is 0.0534 e. The molecular weight excluding hydrogens is 204 g/mol. The zero-order valence-corrected chi connectivity index (χ0v) is 9.71. The normalized spacial score (nSPS) is 12.4. The van der Waals surface area contributed by atoms with Crippen molar-refractivity contribution in [1.82, 2.24) is 4.98 Å². The van der Waals surface area contributed by atoms with Gasteiger partial charge in [0.15, 0.2) is 0 Å². The minimum Gasteiger partial charge on any atom is -0.377 e. The van der Waals surface area contributed by atoms with E-state index in [-0.39, 0.29) is 0 Å². The Kier molecular flexibility index (Phi) is 3.02. The van der Waals surface area contributed by atoms with Gasteiger partial charge in [-0.15, -0.1) is 0 Å². The second-order valence-electron chi connectivity index (χ2n) is 3.67. The molecule has 78 valence electrons. The van der Waals surface area contributed by atoms with Gasteiger partial charge in [0.1, 0.15) is 0 Å². The molecule has 0 aromatic carbocycles. The van der Waals surface area contributed by atoms with Gasteiger partial charge < -0.3 is 5.32 Å².